The molecule has 5 nitrogen and oxygen atoms in total. The zero-order chi connectivity index (χ0) is 22.9. The maximum Gasteiger partial charge on any atom is 0.251 e. The number of benzene rings is 3. The molecule has 0 radical (unpaired) electrons. The van der Waals surface area contributed by atoms with E-state index in [-0.39, 0.29) is 12.1 Å². The zero-order valence-corrected chi connectivity index (χ0v) is 17.7. The van der Waals surface area contributed by atoms with Crippen LogP contribution in [0.25, 0.3) is 0 Å². The number of methoxy groups -OCH3 is 1. The van der Waals surface area contributed by atoms with E-state index in [4.69, 9.17) is 4.74 Å². The smallest absolute Gasteiger partial charge is 0.251 e. The number of aliphatic hydroxyl groups is 1. The summed E-state index contributed by atoms with van der Waals surface area (Å²) in [7, 11) is 1.59. The van der Waals surface area contributed by atoms with E-state index < -0.39 is 29.7 Å². The van der Waals surface area contributed by atoms with E-state index in [1.807, 2.05) is 54.6 Å². The lowest BCUT2D eigenvalue weighted by atomic mass is 10.0. The molecule has 0 unspecified atom stereocenters. The molecule has 168 valence electrons. The van der Waals surface area contributed by atoms with Crippen LogP contribution in [0.5, 0.6) is 5.75 Å². The second-order valence-corrected chi connectivity index (χ2v) is 7.48. The van der Waals surface area contributed by atoms with Crippen LogP contribution >= 0.6 is 0 Å². The predicted molar refractivity (Wildman–Crippen MR) is 118 cm³/mol. The van der Waals surface area contributed by atoms with Crippen LogP contribution in [0.3, 0.4) is 0 Å². The van der Waals surface area contributed by atoms with Gasteiger partial charge < -0.3 is 20.5 Å². The summed E-state index contributed by atoms with van der Waals surface area (Å²) < 4.78 is 32.3. The number of ether oxygens (including phenoxy) is 1. The summed E-state index contributed by atoms with van der Waals surface area (Å²) in [6, 6.07) is 18.9. The summed E-state index contributed by atoms with van der Waals surface area (Å²) in [5.74, 6) is -1.59. The molecular formula is C25H26F2N2O3. The molecule has 0 saturated carbocycles. The minimum atomic E-state index is -0.942. The Hall–Kier alpha value is -3.29. The van der Waals surface area contributed by atoms with Gasteiger partial charge in [-0.1, -0.05) is 42.5 Å². The van der Waals surface area contributed by atoms with Crippen LogP contribution in [-0.4, -0.2) is 36.8 Å². The Morgan fingerprint density at radius 3 is 2.34 bits per heavy atom. The number of aliphatic hydroxyl groups excluding tert-OH is 1. The van der Waals surface area contributed by atoms with Gasteiger partial charge in [0.2, 0.25) is 0 Å². The molecule has 0 fully saturated rings. The molecule has 32 heavy (non-hydrogen) atoms. The van der Waals surface area contributed by atoms with Crippen molar-refractivity contribution in [2.45, 2.75) is 25.1 Å². The minimum absolute atomic E-state index is 0.142. The fraction of sp³-hybridized carbons (Fsp3) is 0.240. The van der Waals surface area contributed by atoms with Crippen LogP contribution in [0.15, 0.2) is 72.8 Å². The average Bonchev–Trinajstić information content (AvgIpc) is 2.78. The van der Waals surface area contributed by atoms with Crippen LogP contribution in [-0.2, 0) is 13.0 Å². The molecule has 7 heteroatoms. The molecule has 0 bridgehead atoms. The average molecular weight is 440 g/mol. The van der Waals surface area contributed by atoms with Gasteiger partial charge >= 0.3 is 0 Å². The monoisotopic (exact) mass is 440 g/mol. The summed E-state index contributed by atoms with van der Waals surface area (Å²) in [6.45, 7) is 0.696. The van der Waals surface area contributed by atoms with Gasteiger partial charge in [-0.25, -0.2) is 8.78 Å². The number of hydrogen-bond donors (Lipinski definition) is 3. The molecule has 3 rings (SSSR count). The lowest BCUT2D eigenvalue weighted by molar-refractivity contribution is 0.0829. The van der Waals surface area contributed by atoms with Crippen LogP contribution in [0.2, 0.25) is 0 Å². The van der Waals surface area contributed by atoms with Gasteiger partial charge in [0.1, 0.15) is 17.4 Å². The Balaban J connectivity index is 1.67. The predicted octanol–water partition coefficient (Wildman–Crippen LogP) is 3.47. The van der Waals surface area contributed by atoms with E-state index in [9.17, 15) is 18.7 Å². The number of halogens is 2. The topological polar surface area (TPSA) is 70.6 Å². The van der Waals surface area contributed by atoms with Crippen LogP contribution in [0.4, 0.5) is 8.78 Å². The van der Waals surface area contributed by atoms with Gasteiger partial charge in [0.05, 0.1) is 19.3 Å². The molecular weight excluding hydrogens is 414 g/mol. The summed E-state index contributed by atoms with van der Waals surface area (Å²) in [4.78, 5) is 12.6. The first-order chi connectivity index (χ1) is 15.4. The highest BCUT2D eigenvalue weighted by Gasteiger charge is 2.23. The minimum Gasteiger partial charge on any atom is -0.497 e. The van der Waals surface area contributed by atoms with E-state index >= 15 is 0 Å². The third-order valence-corrected chi connectivity index (χ3v) is 5.02. The summed E-state index contributed by atoms with van der Waals surface area (Å²) in [5.41, 5.74) is 1.75. The second kappa shape index (κ2) is 11.4. The quantitative estimate of drug-likeness (QED) is 0.452. The molecule has 1 amide bonds. The Bertz CT molecular complexity index is 1010. The molecule has 0 aliphatic heterocycles. The SMILES string of the molecule is COc1cccc(CNC[C@@H](O)[C@H](Cc2ccccc2)NC(=O)c2cc(F)cc(F)c2)c1. The summed E-state index contributed by atoms with van der Waals surface area (Å²) >= 11 is 0. The van der Waals surface area contributed by atoms with E-state index in [1.54, 1.807) is 7.11 Å². The van der Waals surface area contributed by atoms with E-state index in [0.717, 1.165) is 29.0 Å². The molecule has 2 atom stereocenters. The van der Waals surface area contributed by atoms with Gasteiger partial charge in [-0.3, -0.25) is 4.79 Å². The molecule has 0 saturated heterocycles. The molecule has 0 aliphatic rings. The van der Waals surface area contributed by atoms with E-state index in [0.29, 0.717) is 19.0 Å². The Kier molecular flexibility index (Phi) is 8.30. The molecule has 0 heterocycles. The first-order valence-corrected chi connectivity index (χ1v) is 10.3. The van der Waals surface area contributed by atoms with Crippen molar-refractivity contribution < 1.29 is 23.4 Å². The van der Waals surface area contributed by atoms with Crippen molar-refractivity contribution in [2.24, 2.45) is 0 Å². The number of rotatable bonds is 10. The molecule has 0 aromatic heterocycles. The van der Waals surface area contributed by atoms with Crippen molar-refractivity contribution in [1.29, 1.82) is 0 Å². The lowest BCUT2D eigenvalue weighted by Gasteiger charge is -2.25. The molecule has 0 aliphatic carbocycles. The van der Waals surface area contributed by atoms with Crippen LogP contribution < -0.4 is 15.4 Å². The number of hydrogen-bond acceptors (Lipinski definition) is 4. The van der Waals surface area contributed by atoms with E-state index in [1.165, 1.54) is 0 Å². The van der Waals surface area contributed by atoms with Gasteiger partial charge in [0, 0.05) is 24.7 Å². The van der Waals surface area contributed by atoms with E-state index in [2.05, 4.69) is 10.6 Å². The Morgan fingerprint density at radius 2 is 1.66 bits per heavy atom. The molecule has 3 N–H and O–H groups in total. The van der Waals surface area contributed by atoms with Crippen LogP contribution in [0.1, 0.15) is 21.5 Å². The largest absolute Gasteiger partial charge is 0.497 e. The summed E-state index contributed by atoms with van der Waals surface area (Å²) in [6.07, 6.45) is -0.588. The number of amides is 1. The van der Waals surface area contributed by atoms with Crippen LogP contribution in [0, 0.1) is 11.6 Å². The van der Waals surface area contributed by atoms with Gasteiger partial charge in [-0.05, 0) is 41.8 Å². The first-order valence-electron chi connectivity index (χ1n) is 10.3. The van der Waals surface area contributed by atoms with Gasteiger partial charge in [0.15, 0.2) is 0 Å². The van der Waals surface area contributed by atoms with Crippen molar-refractivity contribution in [3.8, 4) is 5.75 Å². The van der Waals surface area contributed by atoms with Crippen molar-refractivity contribution in [3.05, 3.63) is 101 Å². The van der Waals surface area contributed by atoms with Gasteiger partial charge in [-0.15, -0.1) is 0 Å². The Labute approximate surface area is 186 Å². The maximum atomic E-state index is 13.5. The zero-order valence-electron chi connectivity index (χ0n) is 17.7. The van der Waals surface area contributed by atoms with Crippen molar-refractivity contribution >= 4 is 5.91 Å². The number of carbonyl (C=O) groups is 1. The fourth-order valence-corrected chi connectivity index (χ4v) is 3.38. The molecule has 0 spiro atoms. The third kappa shape index (κ3) is 6.87. The third-order valence-electron chi connectivity index (χ3n) is 5.02. The van der Waals surface area contributed by atoms with Gasteiger partial charge in [0.25, 0.3) is 5.91 Å². The second-order valence-electron chi connectivity index (χ2n) is 7.48. The lowest BCUT2D eigenvalue weighted by Crippen LogP contribution is -2.48. The first kappa shape index (κ1) is 23.4. The molecule has 3 aromatic rings. The van der Waals surface area contributed by atoms with Crippen molar-refractivity contribution in [2.75, 3.05) is 13.7 Å². The fourth-order valence-electron chi connectivity index (χ4n) is 3.38. The normalized spacial score (nSPS) is 12.8. The maximum absolute atomic E-state index is 13.5. The number of carbonyl (C=O) groups excluding carboxylic acids is 1. The van der Waals surface area contributed by atoms with Gasteiger partial charge in [-0.2, -0.15) is 0 Å². The van der Waals surface area contributed by atoms with Crippen molar-refractivity contribution in [3.63, 3.8) is 0 Å². The molecule has 3 aromatic carbocycles. The Morgan fingerprint density at radius 1 is 0.969 bits per heavy atom. The number of nitrogens with one attached hydrogen (secondary N) is 2. The standard InChI is InChI=1S/C25H26F2N2O3/c1-32-22-9-5-8-18(10-22)15-28-16-24(30)23(11-17-6-3-2-4-7-17)29-25(31)19-12-20(26)14-21(27)13-19/h2-10,12-14,23-24,28,30H,11,15-16H2,1H3,(H,29,31)/t23-,24+/m0/s1. The summed E-state index contributed by atoms with van der Waals surface area (Å²) in [5, 5.41) is 16.7. The van der Waals surface area contributed by atoms with Crippen molar-refractivity contribution in [1.82, 2.24) is 10.6 Å². The highest BCUT2D eigenvalue weighted by molar-refractivity contribution is 5.94. The highest BCUT2D eigenvalue weighted by Crippen LogP contribution is 2.13. The highest BCUT2D eigenvalue weighted by atomic mass is 19.1.